The summed E-state index contributed by atoms with van der Waals surface area (Å²) in [5.41, 5.74) is -0.548. The van der Waals surface area contributed by atoms with Crippen LogP contribution in [0, 0.1) is 29.6 Å². The fourth-order valence-electron chi connectivity index (χ4n) is 5.11. The summed E-state index contributed by atoms with van der Waals surface area (Å²) >= 11 is 1.62. The second-order valence-electron chi connectivity index (χ2n) is 8.58. The highest BCUT2D eigenvalue weighted by Gasteiger charge is 2.55. The van der Waals surface area contributed by atoms with Gasteiger partial charge in [-0.3, -0.25) is 9.79 Å². The first-order valence-electron chi connectivity index (χ1n) is 10.9. The predicted molar refractivity (Wildman–Crippen MR) is 117 cm³/mol. The zero-order chi connectivity index (χ0) is 20.9. The molecule has 6 heteroatoms. The van der Waals surface area contributed by atoms with Crippen molar-refractivity contribution in [2.24, 2.45) is 22.7 Å². The Labute approximate surface area is 178 Å². The second kappa shape index (κ2) is 10.1. The lowest BCUT2D eigenvalue weighted by Crippen LogP contribution is -2.28. The third kappa shape index (κ3) is 5.45. The van der Waals surface area contributed by atoms with Crippen molar-refractivity contribution < 1.29 is 20.1 Å². The molecule has 1 heterocycles. The highest BCUT2D eigenvalue weighted by molar-refractivity contribution is 8.13. The molecule has 3 rings (SSSR count). The third-order valence-electron chi connectivity index (χ3n) is 6.57. The molecule has 5 nitrogen and oxygen atoms in total. The quantitative estimate of drug-likeness (QED) is 0.333. The minimum absolute atomic E-state index is 0.0602. The maximum atomic E-state index is 10.7. The molecule has 3 N–H and O–H groups in total. The van der Waals surface area contributed by atoms with Crippen molar-refractivity contribution in [2.45, 2.75) is 82.5 Å². The first-order valence-corrected chi connectivity index (χ1v) is 11.9. The Balaban J connectivity index is 1.65. The lowest BCUT2D eigenvalue weighted by atomic mass is 9.82. The van der Waals surface area contributed by atoms with E-state index in [1.54, 1.807) is 11.8 Å². The van der Waals surface area contributed by atoms with Crippen LogP contribution in [0.2, 0.25) is 0 Å². The molecule has 0 aromatic rings. The molecule has 2 aliphatic carbocycles. The van der Waals surface area contributed by atoms with Crippen molar-refractivity contribution in [2.75, 3.05) is 5.75 Å². The Morgan fingerprint density at radius 2 is 2.14 bits per heavy atom. The molecular formula is C23H33NO4S. The number of aliphatic carboxylic acids is 1. The van der Waals surface area contributed by atoms with Gasteiger partial charge in [0.25, 0.3) is 0 Å². The van der Waals surface area contributed by atoms with Crippen molar-refractivity contribution >= 4 is 22.8 Å². The zero-order valence-electron chi connectivity index (χ0n) is 17.2. The fraction of sp³-hybridized carbons (Fsp3) is 0.739. The molecule has 0 spiro atoms. The zero-order valence-corrected chi connectivity index (χ0v) is 18.0. The number of thioether (sulfide) groups is 1. The normalized spacial score (nSPS) is 33.2. The number of carboxylic acids is 1. The van der Waals surface area contributed by atoms with Gasteiger partial charge < -0.3 is 15.3 Å². The number of nitrogens with zero attached hydrogens (tertiary/aromatic N) is 1. The number of hydrogen-bond acceptors (Lipinski definition) is 5. The van der Waals surface area contributed by atoms with Crippen LogP contribution < -0.4 is 0 Å². The first kappa shape index (κ1) is 22.4. The summed E-state index contributed by atoms with van der Waals surface area (Å²) in [6.07, 6.45) is 10.8. The van der Waals surface area contributed by atoms with Crippen LogP contribution in [-0.4, -0.2) is 49.8 Å². The van der Waals surface area contributed by atoms with Gasteiger partial charge in [0.2, 0.25) is 0 Å². The van der Waals surface area contributed by atoms with Crippen LogP contribution in [0.15, 0.2) is 17.1 Å². The van der Waals surface area contributed by atoms with Crippen LogP contribution in [0.5, 0.6) is 0 Å². The standard InChI is InChI=1S/C23H33NO4S/c1-2-12-23-15-20(26)17(10-11-19(25)16-7-4-3-5-8-16)18(23)14-21(24-23)29-13-6-9-22(27)28/h10-11,16-20,25-26H,3-9,13-15H2,1H3,(H,27,28). The Morgan fingerprint density at radius 1 is 1.38 bits per heavy atom. The number of carbonyl (C=O) groups is 1. The van der Waals surface area contributed by atoms with E-state index in [0.29, 0.717) is 18.8 Å². The molecule has 0 aromatic heterocycles. The molecular weight excluding hydrogens is 386 g/mol. The lowest BCUT2D eigenvalue weighted by Gasteiger charge is -2.26. The topological polar surface area (TPSA) is 90.1 Å². The number of hydrogen-bond donors (Lipinski definition) is 3. The summed E-state index contributed by atoms with van der Waals surface area (Å²) in [5, 5.41) is 31.1. The van der Waals surface area contributed by atoms with Crippen molar-refractivity contribution in [3.8, 4) is 11.8 Å². The van der Waals surface area contributed by atoms with Crippen LogP contribution in [0.1, 0.15) is 64.7 Å². The predicted octanol–water partition coefficient (Wildman–Crippen LogP) is 3.64. The molecule has 2 saturated carbocycles. The Kier molecular flexibility index (Phi) is 7.84. The lowest BCUT2D eigenvalue weighted by molar-refractivity contribution is -0.137. The molecule has 2 fully saturated rings. The van der Waals surface area contributed by atoms with E-state index in [0.717, 1.165) is 30.1 Å². The van der Waals surface area contributed by atoms with E-state index in [4.69, 9.17) is 10.1 Å². The number of fused-ring (bicyclic) bond motifs is 1. The molecule has 5 atom stereocenters. The Hall–Kier alpha value is -1.29. The van der Waals surface area contributed by atoms with E-state index >= 15 is 0 Å². The molecule has 0 aromatic carbocycles. The highest BCUT2D eigenvalue weighted by atomic mass is 32.2. The maximum Gasteiger partial charge on any atom is 0.303 e. The van der Waals surface area contributed by atoms with E-state index in [1.165, 1.54) is 19.3 Å². The van der Waals surface area contributed by atoms with Crippen LogP contribution in [0.3, 0.4) is 0 Å². The van der Waals surface area contributed by atoms with Gasteiger partial charge in [0.15, 0.2) is 0 Å². The van der Waals surface area contributed by atoms with Gasteiger partial charge in [0.05, 0.1) is 17.3 Å². The second-order valence-corrected chi connectivity index (χ2v) is 9.75. The summed E-state index contributed by atoms with van der Waals surface area (Å²) in [4.78, 5) is 15.6. The minimum Gasteiger partial charge on any atom is -0.481 e. The van der Waals surface area contributed by atoms with E-state index in [2.05, 4.69) is 11.8 Å². The van der Waals surface area contributed by atoms with Gasteiger partial charge in [-0.1, -0.05) is 37.3 Å². The number of aliphatic imine (C=N–C) groups is 1. The minimum atomic E-state index is -0.769. The smallest absolute Gasteiger partial charge is 0.303 e. The highest BCUT2D eigenvalue weighted by Crippen LogP contribution is 2.51. The fourth-order valence-corrected chi connectivity index (χ4v) is 6.16. The van der Waals surface area contributed by atoms with Crippen LogP contribution in [0.25, 0.3) is 0 Å². The average Bonchev–Trinajstić information content (AvgIpc) is 3.15. The van der Waals surface area contributed by atoms with Crippen LogP contribution in [-0.2, 0) is 4.79 Å². The van der Waals surface area contributed by atoms with E-state index < -0.39 is 23.7 Å². The molecule has 29 heavy (non-hydrogen) atoms. The van der Waals surface area contributed by atoms with Gasteiger partial charge in [-0.25, -0.2) is 0 Å². The Morgan fingerprint density at radius 3 is 2.83 bits per heavy atom. The third-order valence-corrected chi connectivity index (χ3v) is 7.65. The van der Waals surface area contributed by atoms with Gasteiger partial charge in [0, 0.05) is 31.1 Å². The number of carboxylic acid groups (broad SMARTS) is 1. The van der Waals surface area contributed by atoms with Crippen molar-refractivity contribution in [3.05, 3.63) is 12.2 Å². The van der Waals surface area contributed by atoms with Gasteiger partial charge in [-0.15, -0.1) is 17.7 Å². The van der Waals surface area contributed by atoms with Gasteiger partial charge >= 0.3 is 5.97 Å². The number of aliphatic hydroxyl groups is 2. The van der Waals surface area contributed by atoms with Crippen molar-refractivity contribution in [1.29, 1.82) is 0 Å². The van der Waals surface area contributed by atoms with E-state index in [9.17, 15) is 15.0 Å². The summed E-state index contributed by atoms with van der Waals surface area (Å²) in [6.45, 7) is 1.81. The molecule has 0 saturated heterocycles. The number of aliphatic hydroxyl groups excluding tert-OH is 2. The monoisotopic (exact) mass is 419 g/mol. The van der Waals surface area contributed by atoms with Crippen LogP contribution >= 0.6 is 11.8 Å². The molecule has 5 unspecified atom stereocenters. The van der Waals surface area contributed by atoms with Gasteiger partial charge in [-0.2, -0.15) is 0 Å². The molecule has 3 aliphatic rings. The average molecular weight is 420 g/mol. The number of rotatable bonds is 7. The molecule has 160 valence electrons. The van der Waals surface area contributed by atoms with E-state index in [-0.39, 0.29) is 18.3 Å². The largest absolute Gasteiger partial charge is 0.481 e. The molecule has 0 amide bonds. The van der Waals surface area contributed by atoms with Crippen molar-refractivity contribution in [3.63, 3.8) is 0 Å². The van der Waals surface area contributed by atoms with Gasteiger partial charge in [-0.05, 0) is 37.9 Å². The summed E-state index contributed by atoms with van der Waals surface area (Å²) in [6, 6.07) is 0. The van der Waals surface area contributed by atoms with Crippen LogP contribution in [0.4, 0.5) is 0 Å². The maximum absolute atomic E-state index is 10.7. The molecule has 0 radical (unpaired) electrons. The van der Waals surface area contributed by atoms with E-state index in [1.807, 2.05) is 19.1 Å². The Bertz CT molecular complexity index is 703. The SMILES string of the molecule is CC#CC12CC(O)C(C=CC(O)C3CCCCC3)C1CC(SCCCC(=O)O)=N2. The van der Waals surface area contributed by atoms with Gasteiger partial charge in [0.1, 0.15) is 5.54 Å². The summed E-state index contributed by atoms with van der Waals surface area (Å²) < 4.78 is 0. The summed E-state index contributed by atoms with van der Waals surface area (Å²) in [5.74, 6) is 6.62. The summed E-state index contributed by atoms with van der Waals surface area (Å²) in [7, 11) is 0. The van der Waals surface area contributed by atoms with Crippen molar-refractivity contribution in [1.82, 2.24) is 0 Å². The first-order chi connectivity index (χ1) is 13.9. The molecule has 1 aliphatic heterocycles. The molecule has 0 bridgehead atoms.